The third kappa shape index (κ3) is 3.51. The Labute approximate surface area is 131 Å². The molecule has 0 fully saturated rings. The fourth-order valence-electron chi connectivity index (χ4n) is 1.78. The molecule has 21 heavy (non-hydrogen) atoms. The van der Waals surface area contributed by atoms with Crippen molar-refractivity contribution in [3.05, 3.63) is 34.8 Å². The number of methoxy groups -OCH3 is 1. The van der Waals surface area contributed by atoms with Gasteiger partial charge in [0.25, 0.3) is 0 Å². The summed E-state index contributed by atoms with van der Waals surface area (Å²) < 4.78 is 4.68. The van der Waals surface area contributed by atoms with Crippen LogP contribution in [-0.2, 0) is 4.74 Å². The van der Waals surface area contributed by atoms with Crippen molar-refractivity contribution < 1.29 is 14.3 Å². The zero-order chi connectivity index (χ0) is 15.4. The average Bonchev–Trinajstić information content (AvgIpc) is 2.93. The third-order valence-electron chi connectivity index (χ3n) is 2.74. The molecule has 0 aliphatic rings. The predicted molar refractivity (Wildman–Crippen MR) is 85.3 cm³/mol. The highest BCUT2D eigenvalue weighted by atomic mass is 32.2. The SMILES string of the molecule is CCSc1ccc(-c2nc(C(=O)OC)c(C(C)=O)s2)cc1. The average molecular weight is 321 g/mol. The minimum absolute atomic E-state index is 0.0945. The van der Waals surface area contributed by atoms with E-state index in [0.29, 0.717) is 9.88 Å². The van der Waals surface area contributed by atoms with Crippen LogP contribution in [-0.4, -0.2) is 29.6 Å². The van der Waals surface area contributed by atoms with E-state index in [1.807, 2.05) is 24.3 Å². The topological polar surface area (TPSA) is 56.3 Å². The molecule has 0 unspecified atom stereocenters. The van der Waals surface area contributed by atoms with Crippen LogP contribution < -0.4 is 0 Å². The summed E-state index contributed by atoms with van der Waals surface area (Å²) in [6.07, 6.45) is 0. The van der Waals surface area contributed by atoms with Gasteiger partial charge < -0.3 is 4.74 Å². The number of nitrogens with zero attached hydrogens (tertiary/aromatic N) is 1. The minimum atomic E-state index is -0.583. The van der Waals surface area contributed by atoms with E-state index in [2.05, 4.69) is 16.6 Å². The van der Waals surface area contributed by atoms with Crippen LogP contribution in [0.4, 0.5) is 0 Å². The predicted octanol–water partition coefficient (Wildman–Crippen LogP) is 3.91. The van der Waals surface area contributed by atoms with Gasteiger partial charge in [0.05, 0.1) is 7.11 Å². The highest BCUT2D eigenvalue weighted by Crippen LogP contribution is 2.30. The van der Waals surface area contributed by atoms with Crippen LogP contribution in [0, 0.1) is 0 Å². The molecule has 0 atom stereocenters. The Morgan fingerprint density at radius 2 is 1.95 bits per heavy atom. The van der Waals surface area contributed by atoms with E-state index in [1.165, 1.54) is 30.3 Å². The Balaban J connectivity index is 2.40. The second-order valence-corrected chi connectivity index (χ2v) is 6.54. The summed E-state index contributed by atoms with van der Waals surface area (Å²) in [5.41, 5.74) is 0.982. The third-order valence-corrected chi connectivity index (χ3v) is 4.84. The van der Waals surface area contributed by atoms with Gasteiger partial charge in [0.1, 0.15) is 9.88 Å². The van der Waals surface area contributed by atoms with Gasteiger partial charge in [-0.1, -0.05) is 19.1 Å². The number of benzene rings is 1. The van der Waals surface area contributed by atoms with E-state index < -0.39 is 5.97 Å². The lowest BCUT2D eigenvalue weighted by molar-refractivity contribution is 0.0591. The molecule has 110 valence electrons. The number of rotatable bonds is 5. The molecule has 0 amide bonds. The number of carbonyl (C=O) groups excluding carboxylic acids is 2. The van der Waals surface area contributed by atoms with Crippen LogP contribution in [0.25, 0.3) is 10.6 Å². The van der Waals surface area contributed by atoms with Crippen molar-refractivity contribution in [2.75, 3.05) is 12.9 Å². The molecule has 0 saturated heterocycles. The molecule has 4 nitrogen and oxygen atoms in total. The van der Waals surface area contributed by atoms with E-state index in [9.17, 15) is 9.59 Å². The van der Waals surface area contributed by atoms with Crippen molar-refractivity contribution in [3.8, 4) is 10.6 Å². The van der Waals surface area contributed by atoms with Crippen LogP contribution in [0.3, 0.4) is 0 Å². The summed E-state index contributed by atoms with van der Waals surface area (Å²) in [7, 11) is 1.28. The van der Waals surface area contributed by atoms with Gasteiger partial charge >= 0.3 is 5.97 Å². The van der Waals surface area contributed by atoms with E-state index in [4.69, 9.17) is 0 Å². The van der Waals surface area contributed by atoms with Crippen molar-refractivity contribution in [2.45, 2.75) is 18.7 Å². The highest BCUT2D eigenvalue weighted by molar-refractivity contribution is 7.99. The Hall–Kier alpha value is -1.66. The zero-order valence-corrected chi connectivity index (χ0v) is 13.6. The number of thiazole rings is 1. The van der Waals surface area contributed by atoms with Gasteiger partial charge in [0.15, 0.2) is 11.5 Å². The van der Waals surface area contributed by atoms with Gasteiger partial charge in [-0.15, -0.1) is 23.1 Å². The van der Waals surface area contributed by atoms with Gasteiger partial charge in [-0.05, 0) is 17.9 Å². The molecule has 0 aliphatic carbocycles. The maximum atomic E-state index is 11.7. The first kappa shape index (κ1) is 15.7. The summed E-state index contributed by atoms with van der Waals surface area (Å²) >= 11 is 2.97. The van der Waals surface area contributed by atoms with Gasteiger partial charge in [-0.3, -0.25) is 4.79 Å². The number of Topliss-reactive ketones (excluding diaryl/α,β-unsaturated/α-hetero) is 1. The Morgan fingerprint density at radius 3 is 2.48 bits per heavy atom. The molecule has 0 bridgehead atoms. The van der Waals surface area contributed by atoms with E-state index in [-0.39, 0.29) is 11.5 Å². The summed E-state index contributed by atoms with van der Waals surface area (Å²) in [6.45, 7) is 3.52. The van der Waals surface area contributed by atoms with Gasteiger partial charge in [0, 0.05) is 17.4 Å². The Morgan fingerprint density at radius 1 is 1.29 bits per heavy atom. The number of carbonyl (C=O) groups is 2. The largest absolute Gasteiger partial charge is 0.464 e. The maximum absolute atomic E-state index is 11.7. The molecule has 0 saturated carbocycles. The number of ether oxygens (including phenoxy) is 1. The molecule has 2 aromatic rings. The number of aromatic nitrogens is 1. The molecule has 0 aliphatic heterocycles. The molecule has 6 heteroatoms. The first-order valence-corrected chi connectivity index (χ1v) is 8.20. The first-order valence-electron chi connectivity index (χ1n) is 6.40. The van der Waals surface area contributed by atoms with Gasteiger partial charge in [-0.2, -0.15) is 0 Å². The number of esters is 1. The van der Waals surface area contributed by atoms with E-state index in [0.717, 1.165) is 11.3 Å². The quantitative estimate of drug-likeness (QED) is 0.475. The summed E-state index contributed by atoms with van der Waals surface area (Å²) in [5, 5.41) is 0.647. The van der Waals surface area contributed by atoms with Gasteiger partial charge in [-0.25, -0.2) is 9.78 Å². The number of hydrogen-bond acceptors (Lipinski definition) is 6. The Bertz CT molecular complexity index is 662. The minimum Gasteiger partial charge on any atom is -0.464 e. The lowest BCUT2D eigenvalue weighted by Crippen LogP contribution is -2.06. The van der Waals surface area contributed by atoms with Crippen LogP contribution in [0.5, 0.6) is 0 Å². The molecule has 0 radical (unpaired) electrons. The van der Waals surface area contributed by atoms with E-state index in [1.54, 1.807) is 11.8 Å². The number of hydrogen-bond donors (Lipinski definition) is 0. The Kier molecular flexibility index (Phi) is 5.14. The molecular formula is C15H15NO3S2. The van der Waals surface area contributed by atoms with Crippen LogP contribution in [0.2, 0.25) is 0 Å². The summed E-state index contributed by atoms with van der Waals surface area (Å²) in [5.74, 6) is 0.246. The summed E-state index contributed by atoms with van der Waals surface area (Å²) in [6, 6.07) is 7.91. The van der Waals surface area contributed by atoms with Gasteiger partial charge in [0.2, 0.25) is 0 Å². The standard InChI is InChI=1S/C15H15NO3S2/c1-4-20-11-7-5-10(6-8-11)14-16-12(15(18)19-3)13(21-14)9(2)17/h5-8H,4H2,1-3H3. The summed E-state index contributed by atoms with van der Waals surface area (Å²) in [4.78, 5) is 29.1. The maximum Gasteiger partial charge on any atom is 0.358 e. The zero-order valence-electron chi connectivity index (χ0n) is 12.0. The molecule has 1 aromatic carbocycles. The fraction of sp³-hybridized carbons (Fsp3) is 0.267. The molecule has 0 N–H and O–H groups in total. The van der Waals surface area contributed by atoms with Crippen molar-refractivity contribution in [1.82, 2.24) is 4.98 Å². The van der Waals surface area contributed by atoms with Crippen LogP contribution in [0.1, 0.15) is 34.0 Å². The monoisotopic (exact) mass is 321 g/mol. The van der Waals surface area contributed by atoms with Crippen molar-refractivity contribution in [1.29, 1.82) is 0 Å². The molecule has 2 rings (SSSR count). The number of thioether (sulfide) groups is 1. The molecule has 1 heterocycles. The second-order valence-electron chi connectivity index (χ2n) is 4.20. The van der Waals surface area contributed by atoms with Crippen LogP contribution >= 0.6 is 23.1 Å². The normalized spacial score (nSPS) is 10.4. The molecule has 0 spiro atoms. The van der Waals surface area contributed by atoms with Crippen molar-refractivity contribution in [2.24, 2.45) is 0 Å². The van der Waals surface area contributed by atoms with Crippen LogP contribution in [0.15, 0.2) is 29.2 Å². The molecular weight excluding hydrogens is 306 g/mol. The second kappa shape index (κ2) is 6.87. The highest BCUT2D eigenvalue weighted by Gasteiger charge is 2.22. The lowest BCUT2D eigenvalue weighted by atomic mass is 10.2. The van der Waals surface area contributed by atoms with Crippen molar-refractivity contribution >= 4 is 34.9 Å². The first-order chi connectivity index (χ1) is 10.1. The fourth-order valence-corrected chi connectivity index (χ4v) is 3.39. The smallest absolute Gasteiger partial charge is 0.358 e. The van der Waals surface area contributed by atoms with E-state index >= 15 is 0 Å². The molecule has 1 aromatic heterocycles. The number of ketones is 1. The lowest BCUT2D eigenvalue weighted by Gasteiger charge is -2.00. The van der Waals surface area contributed by atoms with Crippen molar-refractivity contribution in [3.63, 3.8) is 0 Å².